The van der Waals surface area contributed by atoms with E-state index in [1.165, 1.54) is 0 Å². The van der Waals surface area contributed by atoms with Crippen molar-refractivity contribution in [2.75, 3.05) is 0 Å². The zero-order valence-corrected chi connectivity index (χ0v) is 7.08. The van der Waals surface area contributed by atoms with E-state index in [0.717, 1.165) is 0 Å². The van der Waals surface area contributed by atoms with E-state index in [2.05, 4.69) is 13.2 Å². The lowest BCUT2D eigenvalue weighted by Crippen LogP contribution is -1.91. The lowest BCUT2D eigenvalue weighted by Gasteiger charge is -1.95. The molecule has 0 amide bonds. The molecule has 0 fully saturated rings. The fraction of sp³-hybridized carbons (Fsp3) is 0.333. The van der Waals surface area contributed by atoms with Gasteiger partial charge in [-0.25, -0.2) is 8.42 Å². The van der Waals surface area contributed by atoms with Gasteiger partial charge in [0.15, 0.2) is 0 Å². The lowest BCUT2D eigenvalue weighted by molar-refractivity contribution is 0.613. The van der Waals surface area contributed by atoms with Crippen molar-refractivity contribution in [1.82, 2.24) is 0 Å². The van der Waals surface area contributed by atoms with Gasteiger partial charge in [-0.1, -0.05) is 12.7 Å². The van der Waals surface area contributed by atoms with Crippen LogP contribution in [0.4, 0.5) is 0 Å². The van der Waals surface area contributed by atoms with Gasteiger partial charge in [-0.05, 0) is 12.8 Å². The average Bonchev–Trinajstić information content (AvgIpc) is 1.80. The third-order valence-electron chi connectivity index (χ3n) is 0.972. The van der Waals surface area contributed by atoms with Gasteiger partial charge in [-0.15, -0.1) is 6.58 Å². The Hall–Kier alpha value is -0.280. The lowest BCUT2D eigenvalue weighted by atomic mass is 10.3. The van der Waals surface area contributed by atoms with Crippen molar-refractivity contribution in [3.63, 3.8) is 0 Å². The minimum atomic E-state index is -3.55. The maximum atomic E-state index is 10.5. The molecule has 0 N–H and O–H groups in total. The molecule has 0 aromatic rings. The Balaban J connectivity index is 4.00. The smallest absolute Gasteiger partial charge is 0.207 e. The van der Waals surface area contributed by atoms with Crippen LogP contribution in [-0.2, 0) is 9.05 Å². The summed E-state index contributed by atoms with van der Waals surface area (Å²) in [6, 6.07) is 0. The van der Waals surface area contributed by atoms with Crippen LogP contribution < -0.4 is 0 Å². The van der Waals surface area contributed by atoms with Crippen LogP contribution in [0.3, 0.4) is 0 Å². The fourth-order valence-corrected chi connectivity index (χ4v) is 0.978. The molecule has 2 nitrogen and oxygen atoms in total. The van der Waals surface area contributed by atoms with Crippen LogP contribution in [-0.4, -0.2) is 8.42 Å². The van der Waals surface area contributed by atoms with E-state index >= 15 is 0 Å². The van der Waals surface area contributed by atoms with Crippen molar-refractivity contribution >= 4 is 19.7 Å². The molecular formula is C6H9ClO2S. The van der Waals surface area contributed by atoms with E-state index in [9.17, 15) is 8.42 Å². The highest BCUT2D eigenvalue weighted by molar-refractivity contribution is 8.16. The monoisotopic (exact) mass is 180 g/mol. The van der Waals surface area contributed by atoms with Crippen LogP contribution in [0.1, 0.15) is 12.8 Å². The summed E-state index contributed by atoms with van der Waals surface area (Å²) in [5.41, 5.74) is 0. The van der Waals surface area contributed by atoms with Gasteiger partial charge in [0.05, 0.1) is 4.91 Å². The first-order valence-corrected chi connectivity index (χ1v) is 5.02. The molecule has 0 heterocycles. The van der Waals surface area contributed by atoms with Crippen molar-refractivity contribution in [2.24, 2.45) is 0 Å². The summed E-state index contributed by atoms with van der Waals surface area (Å²) in [6.07, 6.45) is 2.56. The maximum Gasteiger partial charge on any atom is 0.256 e. The topological polar surface area (TPSA) is 34.1 Å². The Kier molecular flexibility index (Phi) is 3.68. The van der Waals surface area contributed by atoms with Crippen molar-refractivity contribution in [3.05, 3.63) is 24.1 Å². The molecule has 0 aliphatic rings. The van der Waals surface area contributed by atoms with Crippen LogP contribution in [0.15, 0.2) is 24.1 Å². The summed E-state index contributed by atoms with van der Waals surface area (Å²) in [5, 5.41) is 0. The molecule has 0 aliphatic carbocycles. The van der Waals surface area contributed by atoms with Crippen LogP contribution in [0.2, 0.25) is 0 Å². The Morgan fingerprint density at radius 3 is 2.40 bits per heavy atom. The molecular weight excluding hydrogens is 172 g/mol. The molecule has 10 heavy (non-hydrogen) atoms. The number of halogens is 1. The first-order valence-electron chi connectivity index (χ1n) is 2.72. The molecule has 58 valence electrons. The molecule has 0 saturated carbocycles. The Labute approximate surface area is 65.6 Å². The molecule has 0 bridgehead atoms. The highest BCUT2D eigenvalue weighted by Gasteiger charge is 2.08. The minimum Gasteiger partial charge on any atom is -0.207 e. The molecule has 0 aliphatic heterocycles. The summed E-state index contributed by atoms with van der Waals surface area (Å²) in [5.74, 6) is 0. The van der Waals surface area contributed by atoms with Gasteiger partial charge in [0.1, 0.15) is 0 Å². The van der Waals surface area contributed by atoms with Crippen LogP contribution in [0.5, 0.6) is 0 Å². The van der Waals surface area contributed by atoms with E-state index < -0.39 is 9.05 Å². The Bertz CT molecular complexity index is 228. The van der Waals surface area contributed by atoms with Crippen LogP contribution in [0.25, 0.3) is 0 Å². The first kappa shape index (κ1) is 9.72. The molecule has 0 rings (SSSR count). The predicted molar refractivity (Wildman–Crippen MR) is 43.3 cm³/mol. The van der Waals surface area contributed by atoms with E-state index in [1.54, 1.807) is 6.08 Å². The zero-order chi connectivity index (χ0) is 8.20. The molecule has 0 atom stereocenters. The summed E-state index contributed by atoms with van der Waals surface area (Å²) < 4.78 is 20.9. The number of hydrogen-bond donors (Lipinski definition) is 0. The number of allylic oxidation sites excluding steroid dienone is 2. The van der Waals surface area contributed by atoms with Crippen molar-refractivity contribution in [2.45, 2.75) is 12.8 Å². The van der Waals surface area contributed by atoms with Crippen molar-refractivity contribution in [1.29, 1.82) is 0 Å². The van der Waals surface area contributed by atoms with Crippen molar-refractivity contribution in [3.8, 4) is 0 Å². The maximum absolute atomic E-state index is 10.5. The van der Waals surface area contributed by atoms with Gasteiger partial charge >= 0.3 is 0 Å². The summed E-state index contributed by atoms with van der Waals surface area (Å²) in [6.45, 7) is 6.73. The van der Waals surface area contributed by atoms with E-state index in [-0.39, 0.29) is 4.91 Å². The van der Waals surface area contributed by atoms with E-state index in [1.807, 2.05) is 0 Å². The second-order valence-electron chi connectivity index (χ2n) is 1.80. The molecule has 4 heteroatoms. The predicted octanol–water partition coefficient (Wildman–Crippen LogP) is 2.03. The minimum absolute atomic E-state index is 0.0501. The van der Waals surface area contributed by atoms with E-state index in [0.29, 0.717) is 12.8 Å². The number of rotatable bonds is 4. The molecule has 0 aromatic heterocycles. The van der Waals surface area contributed by atoms with Crippen LogP contribution >= 0.6 is 10.7 Å². The van der Waals surface area contributed by atoms with Crippen molar-refractivity contribution < 1.29 is 8.42 Å². The molecule has 0 radical (unpaired) electrons. The van der Waals surface area contributed by atoms with Gasteiger partial charge in [0.25, 0.3) is 9.05 Å². The third-order valence-corrected chi connectivity index (χ3v) is 2.52. The standard InChI is InChI=1S/C6H9ClO2S/c1-3-4-5-6(2)10(7,8)9/h3H,1-2,4-5H2. The molecule has 0 spiro atoms. The summed E-state index contributed by atoms with van der Waals surface area (Å²) in [7, 11) is 1.41. The zero-order valence-electron chi connectivity index (χ0n) is 5.51. The summed E-state index contributed by atoms with van der Waals surface area (Å²) >= 11 is 0. The molecule has 0 unspecified atom stereocenters. The summed E-state index contributed by atoms with van der Waals surface area (Å²) in [4.78, 5) is 0.0501. The second kappa shape index (κ2) is 3.78. The normalized spacial score (nSPS) is 10.9. The Morgan fingerprint density at radius 1 is 1.60 bits per heavy atom. The highest BCUT2D eigenvalue weighted by atomic mass is 35.7. The SMILES string of the molecule is C=CCCC(=C)S(=O)(=O)Cl. The Morgan fingerprint density at radius 2 is 2.10 bits per heavy atom. The first-order chi connectivity index (χ1) is 4.48. The van der Waals surface area contributed by atoms with Gasteiger partial charge in [0, 0.05) is 10.7 Å². The van der Waals surface area contributed by atoms with Crippen LogP contribution in [0, 0.1) is 0 Å². The number of hydrogen-bond acceptors (Lipinski definition) is 2. The van der Waals surface area contributed by atoms with Gasteiger partial charge in [-0.2, -0.15) is 0 Å². The van der Waals surface area contributed by atoms with Gasteiger partial charge in [0.2, 0.25) is 0 Å². The van der Waals surface area contributed by atoms with Gasteiger partial charge in [-0.3, -0.25) is 0 Å². The molecule has 0 aromatic carbocycles. The largest absolute Gasteiger partial charge is 0.256 e. The second-order valence-corrected chi connectivity index (χ2v) is 4.48. The average molecular weight is 181 g/mol. The third kappa shape index (κ3) is 3.69. The van der Waals surface area contributed by atoms with Gasteiger partial charge < -0.3 is 0 Å². The quantitative estimate of drug-likeness (QED) is 0.490. The highest BCUT2D eigenvalue weighted by Crippen LogP contribution is 2.14. The fourth-order valence-electron chi connectivity index (χ4n) is 0.385. The van der Waals surface area contributed by atoms with E-state index in [4.69, 9.17) is 10.7 Å². The molecule has 0 saturated heterocycles.